The van der Waals surface area contributed by atoms with Crippen LogP contribution in [0.2, 0.25) is 0 Å². The predicted octanol–water partition coefficient (Wildman–Crippen LogP) is 3.69. The van der Waals surface area contributed by atoms with Crippen LogP contribution >= 0.6 is 15.9 Å². The fourth-order valence-electron chi connectivity index (χ4n) is 3.08. The second-order valence-corrected chi connectivity index (χ2v) is 10.6. The molecule has 7 nitrogen and oxygen atoms in total. The Morgan fingerprint density at radius 3 is 2.24 bits per heavy atom. The molecular weight excluding hydrogens is 513 g/mol. The van der Waals surface area contributed by atoms with Gasteiger partial charge in [-0.3, -0.25) is 13.9 Å². The minimum Gasteiger partial charge on any atom is -0.352 e. The van der Waals surface area contributed by atoms with E-state index in [4.69, 9.17) is 0 Å². The molecule has 0 radical (unpaired) electrons. The molecule has 0 spiro atoms. The van der Waals surface area contributed by atoms with Gasteiger partial charge in [0, 0.05) is 17.1 Å². The molecule has 2 aromatic carbocycles. The number of carbonyl (C=O) groups excluding carboxylic acids is 2. The summed E-state index contributed by atoms with van der Waals surface area (Å²) < 4.78 is 39.9. The van der Waals surface area contributed by atoms with Crippen LogP contribution in [0, 0.1) is 5.82 Å². The molecule has 0 fully saturated rings. The van der Waals surface area contributed by atoms with E-state index in [0.717, 1.165) is 10.6 Å². The van der Waals surface area contributed by atoms with Crippen LogP contribution in [0.25, 0.3) is 0 Å². The van der Waals surface area contributed by atoms with Gasteiger partial charge in [-0.1, -0.05) is 31.2 Å². The Hall–Kier alpha value is -2.46. The van der Waals surface area contributed by atoms with E-state index in [1.54, 1.807) is 31.2 Å². The van der Waals surface area contributed by atoms with Gasteiger partial charge in [0.2, 0.25) is 21.8 Å². The molecule has 0 heterocycles. The number of rotatable bonds is 10. The maximum Gasteiger partial charge on any atom is 0.244 e. The quantitative estimate of drug-likeness (QED) is 0.497. The molecule has 0 aliphatic carbocycles. The lowest BCUT2D eigenvalue weighted by Gasteiger charge is -2.32. The maximum atomic E-state index is 13.4. The lowest BCUT2D eigenvalue weighted by molar-refractivity contribution is -0.139. The van der Waals surface area contributed by atoms with Crippen molar-refractivity contribution in [3.8, 4) is 0 Å². The number of anilines is 1. The lowest BCUT2D eigenvalue weighted by atomic mass is 10.1. The summed E-state index contributed by atoms with van der Waals surface area (Å²) in [5, 5.41) is 2.85. The lowest BCUT2D eigenvalue weighted by Crippen LogP contribution is -2.52. The normalized spacial score (nSPS) is 13.2. The number of hydrogen-bond donors (Lipinski definition) is 1. The topological polar surface area (TPSA) is 86.8 Å². The van der Waals surface area contributed by atoms with Gasteiger partial charge < -0.3 is 10.2 Å². The number of sulfonamides is 1. The van der Waals surface area contributed by atoms with Crippen molar-refractivity contribution in [1.29, 1.82) is 0 Å². The molecule has 0 saturated heterocycles. The van der Waals surface area contributed by atoms with Crippen molar-refractivity contribution in [2.75, 3.05) is 17.1 Å². The predicted molar refractivity (Wildman–Crippen MR) is 131 cm³/mol. The summed E-state index contributed by atoms with van der Waals surface area (Å²) in [6.07, 6.45) is 1.73. The van der Waals surface area contributed by atoms with Crippen LogP contribution in [0.5, 0.6) is 0 Å². The summed E-state index contributed by atoms with van der Waals surface area (Å²) in [5.74, 6) is -1.34. The average Bonchev–Trinajstić information content (AvgIpc) is 2.76. The highest BCUT2D eigenvalue weighted by Gasteiger charge is 2.31. The van der Waals surface area contributed by atoms with Crippen molar-refractivity contribution in [3.05, 3.63) is 64.4 Å². The van der Waals surface area contributed by atoms with Gasteiger partial charge in [0.05, 0.1) is 11.9 Å². The molecule has 2 amide bonds. The zero-order valence-corrected chi connectivity index (χ0v) is 21.5. The van der Waals surface area contributed by atoms with Gasteiger partial charge in [0.15, 0.2) is 0 Å². The van der Waals surface area contributed by atoms with Gasteiger partial charge in [-0.25, -0.2) is 12.8 Å². The third-order valence-corrected chi connectivity index (χ3v) is 7.03. The molecular formula is C23H29BrFN3O4S. The molecule has 0 aliphatic rings. The van der Waals surface area contributed by atoms with E-state index in [1.807, 2.05) is 13.8 Å². The zero-order valence-electron chi connectivity index (χ0n) is 19.1. The van der Waals surface area contributed by atoms with Gasteiger partial charge in [-0.15, -0.1) is 0 Å². The minimum absolute atomic E-state index is 0.0156. The SMILES string of the molecule is CCC(C)NC(=O)C(C)N(Cc1ccc(F)cc1)C(=O)CN(c1ccccc1Br)S(C)(=O)=O. The van der Waals surface area contributed by atoms with Gasteiger partial charge in [-0.05, 0) is 66.0 Å². The Morgan fingerprint density at radius 1 is 1.09 bits per heavy atom. The highest BCUT2D eigenvalue weighted by molar-refractivity contribution is 9.10. The van der Waals surface area contributed by atoms with Gasteiger partial charge in [0.25, 0.3) is 0 Å². The van der Waals surface area contributed by atoms with Crippen LogP contribution in [0.15, 0.2) is 53.0 Å². The van der Waals surface area contributed by atoms with Crippen LogP contribution in [0.1, 0.15) is 32.8 Å². The molecule has 0 aliphatic heterocycles. The number of halogens is 2. The number of hydrogen-bond acceptors (Lipinski definition) is 4. The molecule has 0 saturated carbocycles. The Kier molecular flexibility index (Phi) is 9.42. The molecule has 2 atom stereocenters. The molecule has 2 aromatic rings. The Labute approximate surface area is 203 Å². The standard InChI is InChI=1S/C23H29BrFN3O4S/c1-5-16(2)26-23(30)17(3)27(14-18-10-12-19(25)13-11-18)22(29)15-28(33(4,31)32)21-9-7-6-8-20(21)24/h6-13,16-17H,5,14-15H2,1-4H3,(H,26,30). The van der Waals surface area contributed by atoms with Crippen molar-refractivity contribution in [2.24, 2.45) is 0 Å². The van der Waals surface area contributed by atoms with Crippen LogP contribution in [-0.2, 0) is 26.2 Å². The number of para-hydroxylation sites is 1. The molecule has 33 heavy (non-hydrogen) atoms. The van der Waals surface area contributed by atoms with Crippen molar-refractivity contribution in [1.82, 2.24) is 10.2 Å². The summed E-state index contributed by atoms with van der Waals surface area (Å²) >= 11 is 3.33. The number of amides is 2. The smallest absolute Gasteiger partial charge is 0.244 e. The molecule has 0 bridgehead atoms. The maximum absolute atomic E-state index is 13.4. The third-order valence-electron chi connectivity index (χ3n) is 5.23. The number of nitrogens with zero attached hydrogens (tertiary/aromatic N) is 2. The molecule has 180 valence electrons. The van der Waals surface area contributed by atoms with E-state index in [0.29, 0.717) is 22.1 Å². The Morgan fingerprint density at radius 2 is 1.70 bits per heavy atom. The van der Waals surface area contributed by atoms with Crippen molar-refractivity contribution >= 4 is 43.5 Å². The first-order valence-corrected chi connectivity index (χ1v) is 13.1. The highest BCUT2D eigenvalue weighted by Crippen LogP contribution is 2.28. The van der Waals surface area contributed by atoms with E-state index in [9.17, 15) is 22.4 Å². The Balaban J connectivity index is 2.39. The zero-order chi connectivity index (χ0) is 24.8. The number of benzene rings is 2. The molecule has 2 unspecified atom stereocenters. The van der Waals surface area contributed by atoms with Gasteiger partial charge in [0.1, 0.15) is 18.4 Å². The van der Waals surface area contributed by atoms with Gasteiger partial charge >= 0.3 is 0 Å². The van der Waals surface area contributed by atoms with E-state index in [-0.39, 0.29) is 18.5 Å². The van der Waals surface area contributed by atoms with Crippen molar-refractivity contribution in [3.63, 3.8) is 0 Å². The third kappa shape index (κ3) is 7.53. The Bertz CT molecular complexity index is 1080. The highest BCUT2D eigenvalue weighted by atomic mass is 79.9. The van der Waals surface area contributed by atoms with Gasteiger partial charge in [-0.2, -0.15) is 0 Å². The van der Waals surface area contributed by atoms with E-state index < -0.39 is 34.3 Å². The first-order valence-electron chi connectivity index (χ1n) is 10.5. The van der Waals surface area contributed by atoms with Crippen molar-refractivity contribution in [2.45, 2.75) is 45.8 Å². The monoisotopic (exact) mass is 541 g/mol. The summed E-state index contributed by atoms with van der Waals surface area (Å²) in [6, 6.07) is 11.3. The van der Waals surface area contributed by atoms with Crippen LogP contribution in [-0.4, -0.2) is 50.0 Å². The van der Waals surface area contributed by atoms with Crippen LogP contribution in [0.4, 0.5) is 10.1 Å². The largest absolute Gasteiger partial charge is 0.352 e. The summed E-state index contributed by atoms with van der Waals surface area (Å²) in [7, 11) is -3.81. The average molecular weight is 542 g/mol. The first-order chi connectivity index (χ1) is 15.4. The van der Waals surface area contributed by atoms with Crippen LogP contribution in [0.3, 0.4) is 0 Å². The van der Waals surface area contributed by atoms with E-state index in [2.05, 4.69) is 21.2 Å². The fourth-order valence-corrected chi connectivity index (χ4v) is 4.56. The molecule has 10 heteroatoms. The van der Waals surface area contributed by atoms with Crippen LogP contribution < -0.4 is 9.62 Å². The first kappa shape index (κ1) is 26.8. The second-order valence-electron chi connectivity index (χ2n) is 7.86. The summed E-state index contributed by atoms with van der Waals surface area (Å²) in [4.78, 5) is 27.5. The summed E-state index contributed by atoms with van der Waals surface area (Å²) in [5.41, 5.74) is 0.923. The minimum atomic E-state index is -3.81. The second kappa shape index (κ2) is 11.6. The molecule has 1 N–H and O–H groups in total. The van der Waals surface area contributed by atoms with Crippen molar-refractivity contribution < 1.29 is 22.4 Å². The summed E-state index contributed by atoms with van der Waals surface area (Å²) in [6.45, 7) is 4.89. The van der Waals surface area contributed by atoms with E-state index >= 15 is 0 Å². The molecule has 2 rings (SSSR count). The molecule has 0 aromatic heterocycles. The number of nitrogens with one attached hydrogen (secondary N) is 1. The number of carbonyl (C=O) groups is 2. The van der Waals surface area contributed by atoms with E-state index in [1.165, 1.54) is 29.2 Å². The fraction of sp³-hybridized carbons (Fsp3) is 0.391.